The summed E-state index contributed by atoms with van der Waals surface area (Å²) in [6.07, 6.45) is 2.09. The van der Waals surface area contributed by atoms with Gasteiger partial charge in [-0.3, -0.25) is 4.68 Å². The van der Waals surface area contributed by atoms with Gasteiger partial charge in [-0.2, -0.15) is 5.10 Å². The van der Waals surface area contributed by atoms with E-state index in [9.17, 15) is 5.11 Å². The number of hydrogen-bond acceptors (Lipinski definition) is 3. The summed E-state index contributed by atoms with van der Waals surface area (Å²) in [5, 5.41) is 13.6. The lowest BCUT2D eigenvalue weighted by atomic mass is 10.2. The summed E-state index contributed by atoms with van der Waals surface area (Å²) in [7, 11) is 1.58. The lowest BCUT2D eigenvalue weighted by Crippen LogP contribution is -2.07. The average Bonchev–Trinajstić information content (AvgIpc) is 2.48. The number of hydrogen-bond donors (Lipinski definition) is 1. The smallest absolute Gasteiger partial charge is 0.162 e. The van der Waals surface area contributed by atoms with Crippen LogP contribution in [0, 0.1) is 0 Å². The molecule has 1 heterocycles. The molecule has 0 bridgehead atoms. The standard InChI is InChI=1S/C9H16N2O2/c1-4-5-11-9(7(2)12)8(13-3)6-10-11/h6-7,12H,4-5H2,1-3H3. The number of nitrogens with zero attached hydrogens (tertiary/aromatic N) is 2. The van der Waals surface area contributed by atoms with Crippen LogP contribution in [0.2, 0.25) is 0 Å². The maximum absolute atomic E-state index is 9.49. The summed E-state index contributed by atoms with van der Waals surface area (Å²) in [6.45, 7) is 4.59. The number of aryl methyl sites for hydroxylation is 1. The van der Waals surface area contributed by atoms with E-state index in [1.165, 1.54) is 0 Å². The molecule has 0 aliphatic heterocycles. The first-order valence-electron chi connectivity index (χ1n) is 4.48. The third-order valence-electron chi connectivity index (χ3n) is 1.90. The number of aromatic nitrogens is 2. The average molecular weight is 184 g/mol. The van der Waals surface area contributed by atoms with Crippen molar-refractivity contribution in [3.8, 4) is 5.75 Å². The summed E-state index contributed by atoms with van der Waals surface area (Å²) in [5.74, 6) is 0.656. The highest BCUT2D eigenvalue weighted by Gasteiger charge is 2.15. The van der Waals surface area contributed by atoms with Gasteiger partial charge in [0, 0.05) is 6.54 Å². The molecule has 13 heavy (non-hydrogen) atoms. The lowest BCUT2D eigenvalue weighted by Gasteiger charge is -2.09. The van der Waals surface area contributed by atoms with Crippen LogP contribution in [0.4, 0.5) is 0 Å². The molecule has 1 atom stereocenters. The molecule has 0 aromatic carbocycles. The molecule has 0 amide bonds. The van der Waals surface area contributed by atoms with Crippen molar-refractivity contribution >= 4 is 0 Å². The number of methoxy groups -OCH3 is 1. The topological polar surface area (TPSA) is 47.3 Å². The summed E-state index contributed by atoms with van der Waals surface area (Å²) in [5.41, 5.74) is 0.754. The largest absolute Gasteiger partial charge is 0.493 e. The van der Waals surface area contributed by atoms with E-state index in [-0.39, 0.29) is 0 Å². The van der Waals surface area contributed by atoms with Crippen molar-refractivity contribution in [1.82, 2.24) is 9.78 Å². The van der Waals surface area contributed by atoms with E-state index in [2.05, 4.69) is 12.0 Å². The molecule has 4 nitrogen and oxygen atoms in total. The number of aliphatic hydroxyl groups is 1. The van der Waals surface area contributed by atoms with Gasteiger partial charge in [0.15, 0.2) is 5.75 Å². The Bertz CT molecular complexity index is 269. The van der Waals surface area contributed by atoms with Crippen molar-refractivity contribution in [2.24, 2.45) is 0 Å². The van der Waals surface area contributed by atoms with E-state index in [1.54, 1.807) is 24.9 Å². The highest BCUT2D eigenvalue weighted by atomic mass is 16.5. The lowest BCUT2D eigenvalue weighted by molar-refractivity contribution is 0.182. The van der Waals surface area contributed by atoms with Crippen LogP contribution in [0.1, 0.15) is 32.1 Å². The first kappa shape index (κ1) is 10.1. The van der Waals surface area contributed by atoms with Crippen LogP contribution in [-0.4, -0.2) is 22.0 Å². The predicted octanol–water partition coefficient (Wildman–Crippen LogP) is 1.35. The fourth-order valence-electron chi connectivity index (χ4n) is 1.35. The first-order valence-corrected chi connectivity index (χ1v) is 4.48. The minimum Gasteiger partial charge on any atom is -0.493 e. The maximum Gasteiger partial charge on any atom is 0.162 e. The Labute approximate surface area is 78.1 Å². The quantitative estimate of drug-likeness (QED) is 0.768. The Kier molecular flexibility index (Phi) is 3.31. The van der Waals surface area contributed by atoms with Crippen molar-refractivity contribution in [3.05, 3.63) is 11.9 Å². The summed E-state index contributed by atoms with van der Waals surface area (Å²) in [4.78, 5) is 0. The number of ether oxygens (including phenoxy) is 1. The summed E-state index contributed by atoms with van der Waals surface area (Å²) < 4.78 is 6.87. The minimum absolute atomic E-state index is 0.538. The van der Waals surface area contributed by atoms with E-state index in [0.717, 1.165) is 18.7 Å². The summed E-state index contributed by atoms with van der Waals surface area (Å²) in [6, 6.07) is 0. The van der Waals surface area contributed by atoms with Crippen molar-refractivity contribution in [2.75, 3.05) is 7.11 Å². The normalized spacial score (nSPS) is 12.9. The Morgan fingerprint density at radius 3 is 2.85 bits per heavy atom. The molecular formula is C9H16N2O2. The molecule has 1 unspecified atom stereocenters. The summed E-state index contributed by atoms with van der Waals surface area (Å²) >= 11 is 0. The third kappa shape index (κ3) is 2.01. The molecule has 1 aromatic rings. The molecular weight excluding hydrogens is 168 g/mol. The molecule has 1 N–H and O–H groups in total. The maximum atomic E-state index is 9.49. The van der Waals surface area contributed by atoms with Gasteiger partial charge >= 0.3 is 0 Å². The number of aliphatic hydroxyl groups excluding tert-OH is 1. The van der Waals surface area contributed by atoms with Crippen LogP contribution in [-0.2, 0) is 6.54 Å². The van der Waals surface area contributed by atoms with E-state index in [0.29, 0.717) is 5.75 Å². The van der Waals surface area contributed by atoms with Gasteiger partial charge in [0.05, 0.1) is 19.4 Å². The highest BCUT2D eigenvalue weighted by molar-refractivity contribution is 5.26. The van der Waals surface area contributed by atoms with Gasteiger partial charge in [0.25, 0.3) is 0 Å². The molecule has 0 spiro atoms. The zero-order valence-corrected chi connectivity index (χ0v) is 8.32. The van der Waals surface area contributed by atoms with Crippen LogP contribution >= 0.6 is 0 Å². The second-order valence-corrected chi connectivity index (χ2v) is 3.00. The Morgan fingerprint density at radius 2 is 2.38 bits per heavy atom. The van der Waals surface area contributed by atoms with Gasteiger partial charge < -0.3 is 9.84 Å². The fourth-order valence-corrected chi connectivity index (χ4v) is 1.35. The van der Waals surface area contributed by atoms with Crippen LogP contribution in [0.3, 0.4) is 0 Å². The predicted molar refractivity (Wildman–Crippen MR) is 49.7 cm³/mol. The van der Waals surface area contributed by atoms with E-state index in [1.807, 2.05) is 0 Å². The van der Waals surface area contributed by atoms with Crippen molar-refractivity contribution in [3.63, 3.8) is 0 Å². The SMILES string of the molecule is CCCn1ncc(OC)c1C(C)O. The van der Waals surface area contributed by atoms with Crippen molar-refractivity contribution in [2.45, 2.75) is 32.9 Å². The van der Waals surface area contributed by atoms with E-state index < -0.39 is 6.10 Å². The molecule has 1 aromatic heterocycles. The molecule has 0 saturated carbocycles. The number of rotatable bonds is 4. The minimum atomic E-state index is -0.538. The molecule has 0 aliphatic carbocycles. The molecule has 0 fully saturated rings. The molecule has 74 valence electrons. The Balaban J connectivity index is 2.99. The van der Waals surface area contributed by atoms with Crippen molar-refractivity contribution < 1.29 is 9.84 Å². The van der Waals surface area contributed by atoms with Crippen LogP contribution in [0.5, 0.6) is 5.75 Å². The third-order valence-corrected chi connectivity index (χ3v) is 1.90. The zero-order chi connectivity index (χ0) is 9.84. The first-order chi connectivity index (χ1) is 6.20. The van der Waals surface area contributed by atoms with E-state index in [4.69, 9.17) is 4.74 Å². The van der Waals surface area contributed by atoms with Gasteiger partial charge in [-0.25, -0.2) is 0 Å². The van der Waals surface area contributed by atoms with Crippen molar-refractivity contribution in [1.29, 1.82) is 0 Å². The molecule has 0 aliphatic rings. The van der Waals surface area contributed by atoms with Crippen LogP contribution < -0.4 is 4.74 Å². The van der Waals surface area contributed by atoms with Gasteiger partial charge in [-0.05, 0) is 13.3 Å². The molecule has 0 saturated heterocycles. The van der Waals surface area contributed by atoms with Crippen LogP contribution in [0.15, 0.2) is 6.20 Å². The second kappa shape index (κ2) is 4.28. The van der Waals surface area contributed by atoms with Crippen LogP contribution in [0.25, 0.3) is 0 Å². The monoisotopic (exact) mass is 184 g/mol. The van der Waals surface area contributed by atoms with Gasteiger partial charge in [-0.15, -0.1) is 0 Å². The highest BCUT2D eigenvalue weighted by Crippen LogP contribution is 2.24. The van der Waals surface area contributed by atoms with Gasteiger partial charge in [0.1, 0.15) is 5.69 Å². The molecule has 1 rings (SSSR count). The molecule has 0 radical (unpaired) electrons. The second-order valence-electron chi connectivity index (χ2n) is 3.00. The fraction of sp³-hybridized carbons (Fsp3) is 0.667. The zero-order valence-electron chi connectivity index (χ0n) is 8.32. The molecule has 4 heteroatoms. The Morgan fingerprint density at radius 1 is 1.69 bits per heavy atom. The van der Waals surface area contributed by atoms with Gasteiger partial charge in [0.2, 0.25) is 0 Å². The van der Waals surface area contributed by atoms with Gasteiger partial charge in [-0.1, -0.05) is 6.92 Å². The van der Waals surface area contributed by atoms with E-state index >= 15 is 0 Å². The Hall–Kier alpha value is -1.03.